The first-order valence-electron chi connectivity index (χ1n) is 4.71. The largest absolute Gasteiger partial charge is 0.508 e. The monoisotopic (exact) mass is 358 g/mol. The fourth-order valence-electron chi connectivity index (χ4n) is 1.26. The number of benzene rings is 2. The van der Waals surface area contributed by atoms with Gasteiger partial charge in [0.05, 0.1) is 8.95 Å². The Morgan fingerprint density at radius 1 is 0.765 bits per heavy atom. The van der Waals surface area contributed by atoms with Gasteiger partial charge in [-0.3, -0.25) is 0 Å². The van der Waals surface area contributed by atoms with Gasteiger partial charge in [-0.1, -0.05) is 0 Å². The van der Waals surface area contributed by atoms with Crippen LogP contribution in [0.2, 0.25) is 0 Å². The molecule has 0 aliphatic heterocycles. The van der Waals surface area contributed by atoms with Crippen LogP contribution in [0.1, 0.15) is 0 Å². The number of phenols is 2. The van der Waals surface area contributed by atoms with Crippen molar-refractivity contribution in [2.75, 3.05) is 0 Å². The van der Waals surface area contributed by atoms with E-state index in [1.165, 1.54) is 12.1 Å². The van der Waals surface area contributed by atoms with Crippen molar-refractivity contribution in [2.24, 2.45) is 0 Å². The molecule has 0 aromatic heterocycles. The molecule has 2 aromatic rings. The van der Waals surface area contributed by atoms with E-state index in [1.807, 2.05) is 0 Å². The van der Waals surface area contributed by atoms with Crippen molar-refractivity contribution in [2.45, 2.75) is 0 Å². The third-order valence-corrected chi connectivity index (χ3v) is 3.29. The topological polar surface area (TPSA) is 49.7 Å². The van der Waals surface area contributed by atoms with E-state index in [0.717, 1.165) is 0 Å². The summed E-state index contributed by atoms with van der Waals surface area (Å²) < 4.78 is 6.93. The third kappa shape index (κ3) is 2.92. The molecule has 2 N–H and O–H groups in total. The number of hydrogen-bond donors (Lipinski definition) is 2. The summed E-state index contributed by atoms with van der Waals surface area (Å²) in [6.07, 6.45) is 0. The molecule has 0 atom stereocenters. The lowest BCUT2D eigenvalue weighted by Gasteiger charge is -2.09. The molecule has 0 unspecified atom stereocenters. The molecule has 0 saturated heterocycles. The predicted molar refractivity (Wildman–Crippen MR) is 71.7 cm³/mol. The van der Waals surface area contributed by atoms with Crippen LogP contribution in [0.25, 0.3) is 0 Å². The Bertz CT molecular complexity index is 506. The lowest BCUT2D eigenvalue weighted by Crippen LogP contribution is -1.86. The summed E-state index contributed by atoms with van der Waals surface area (Å²) in [5.41, 5.74) is 0. The summed E-state index contributed by atoms with van der Waals surface area (Å²) in [7, 11) is 0. The minimum absolute atomic E-state index is 0.161. The van der Waals surface area contributed by atoms with Crippen molar-refractivity contribution in [1.29, 1.82) is 0 Å². The minimum Gasteiger partial charge on any atom is -0.508 e. The van der Waals surface area contributed by atoms with Crippen molar-refractivity contribution in [3.8, 4) is 23.0 Å². The molecule has 0 radical (unpaired) electrons. The zero-order chi connectivity index (χ0) is 12.4. The van der Waals surface area contributed by atoms with Gasteiger partial charge in [0.1, 0.15) is 23.0 Å². The predicted octanol–water partition coefficient (Wildman–Crippen LogP) is 4.42. The molecule has 17 heavy (non-hydrogen) atoms. The molecule has 0 fully saturated rings. The average Bonchev–Trinajstić information content (AvgIpc) is 2.25. The second-order valence-electron chi connectivity index (χ2n) is 3.33. The van der Waals surface area contributed by atoms with Crippen LogP contribution in [0.3, 0.4) is 0 Å². The molecular formula is C12H8Br2O3. The Kier molecular flexibility index (Phi) is 3.59. The average molecular weight is 360 g/mol. The Morgan fingerprint density at radius 3 is 1.53 bits per heavy atom. The van der Waals surface area contributed by atoms with Gasteiger partial charge in [-0.05, 0) is 68.3 Å². The lowest BCUT2D eigenvalue weighted by molar-refractivity contribution is 0.455. The minimum atomic E-state index is 0.161. The molecule has 3 nitrogen and oxygen atoms in total. The molecule has 0 amide bonds. The molecule has 0 spiro atoms. The van der Waals surface area contributed by atoms with Crippen LogP contribution >= 0.6 is 31.9 Å². The molecule has 88 valence electrons. The van der Waals surface area contributed by atoms with Gasteiger partial charge in [0, 0.05) is 0 Å². The van der Waals surface area contributed by atoms with Gasteiger partial charge >= 0.3 is 0 Å². The van der Waals surface area contributed by atoms with E-state index in [4.69, 9.17) is 4.74 Å². The first kappa shape index (κ1) is 12.3. The van der Waals surface area contributed by atoms with Crippen molar-refractivity contribution < 1.29 is 14.9 Å². The fraction of sp³-hybridized carbons (Fsp3) is 0. The van der Waals surface area contributed by atoms with Gasteiger partial charge in [0.15, 0.2) is 0 Å². The summed E-state index contributed by atoms with van der Waals surface area (Å²) in [4.78, 5) is 0. The van der Waals surface area contributed by atoms with Crippen LogP contribution in [0.5, 0.6) is 23.0 Å². The highest BCUT2D eigenvalue weighted by Crippen LogP contribution is 2.36. The molecule has 0 heterocycles. The van der Waals surface area contributed by atoms with E-state index in [-0.39, 0.29) is 11.5 Å². The van der Waals surface area contributed by atoms with Gasteiger partial charge in [0.25, 0.3) is 0 Å². The maximum Gasteiger partial charge on any atom is 0.141 e. The number of aromatic hydroxyl groups is 2. The highest BCUT2D eigenvalue weighted by molar-refractivity contribution is 9.11. The van der Waals surface area contributed by atoms with E-state index in [9.17, 15) is 10.2 Å². The second-order valence-corrected chi connectivity index (χ2v) is 5.04. The van der Waals surface area contributed by atoms with Crippen LogP contribution in [0.4, 0.5) is 0 Å². The molecule has 0 saturated carbocycles. The first-order valence-corrected chi connectivity index (χ1v) is 6.30. The molecule has 2 rings (SSSR count). The van der Waals surface area contributed by atoms with Crippen molar-refractivity contribution in [3.63, 3.8) is 0 Å². The van der Waals surface area contributed by atoms with Crippen molar-refractivity contribution >= 4 is 31.9 Å². The van der Waals surface area contributed by atoms with Crippen LogP contribution in [-0.2, 0) is 0 Å². The number of hydrogen-bond acceptors (Lipinski definition) is 3. The molecular weight excluding hydrogens is 352 g/mol. The lowest BCUT2D eigenvalue weighted by atomic mass is 10.3. The number of phenolic OH excluding ortho intramolecular Hbond substituents is 2. The van der Waals surface area contributed by atoms with Crippen molar-refractivity contribution in [3.05, 3.63) is 45.3 Å². The maximum absolute atomic E-state index is 9.27. The Labute approximate surface area is 115 Å². The highest BCUT2D eigenvalue weighted by atomic mass is 79.9. The smallest absolute Gasteiger partial charge is 0.141 e. The Balaban J connectivity index is 2.31. The molecule has 0 bridgehead atoms. The summed E-state index contributed by atoms with van der Waals surface area (Å²) >= 11 is 6.59. The summed E-state index contributed by atoms with van der Waals surface area (Å²) in [6, 6.07) is 9.47. The quantitative estimate of drug-likeness (QED) is 0.834. The Morgan fingerprint density at radius 2 is 1.18 bits per heavy atom. The van der Waals surface area contributed by atoms with Gasteiger partial charge in [-0.2, -0.15) is 0 Å². The molecule has 2 aromatic carbocycles. The van der Waals surface area contributed by atoms with Gasteiger partial charge in [-0.15, -0.1) is 0 Å². The molecule has 0 aliphatic carbocycles. The summed E-state index contributed by atoms with van der Waals surface area (Å²) in [5, 5.41) is 18.5. The maximum atomic E-state index is 9.27. The number of halogens is 2. The standard InChI is InChI=1S/C12H8Br2O3/c13-9-5-7(15)1-3-11(9)17-12-4-2-8(16)6-10(12)14/h1-6,15-16H. The van der Waals surface area contributed by atoms with Crippen LogP contribution in [0.15, 0.2) is 45.3 Å². The zero-order valence-electron chi connectivity index (χ0n) is 8.52. The third-order valence-electron chi connectivity index (χ3n) is 2.05. The summed E-state index contributed by atoms with van der Waals surface area (Å²) in [6.45, 7) is 0. The first-order chi connectivity index (χ1) is 8.06. The van der Waals surface area contributed by atoms with E-state index >= 15 is 0 Å². The SMILES string of the molecule is Oc1ccc(Oc2ccc(O)cc2Br)c(Br)c1. The van der Waals surface area contributed by atoms with Gasteiger partial charge in [-0.25, -0.2) is 0 Å². The fourth-order valence-corrected chi connectivity index (χ4v) is 2.16. The molecule has 0 aliphatic rings. The number of rotatable bonds is 2. The second kappa shape index (κ2) is 4.98. The summed E-state index contributed by atoms with van der Waals surface area (Å²) in [5.74, 6) is 1.48. The number of ether oxygens (including phenoxy) is 1. The van der Waals surface area contributed by atoms with E-state index in [2.05, 4.69) is 31.9 Å². The van der Waals surface area contributed by atoms with E-state index < -0.39 is 0 Å². The van der Waals surface area contributed by atoms with E-state index in [0.29, 0.717) is 20.4 Å². The van der Waals surface area contributed by atoms with Gasteiger partial charge in [0.2, 0.25) is 0 Å². The van der Waals surface area contributed by atoms with Crippen LogP contribution < -0.4 is 4.74 Å². The Hall–Kier alpha value is -1.20. The van der Waals surface area contributed by atoms with E-state index in [1.54, 1.807) is 24.3 Å². The van der Waals surface area contributed by atoms with Crippen molar-refractivity contribution in [1.82, 2.24) is 0 Å². The van der Waals surface area contributed by atoms with Crippen LogP contribution in [-0.4, -0.2) is 10.2 Å². The van der Waals surface area contributed by atoms with Crippen LogP contribution in [0, 0.1) is 0 Å². The highest BCUT2D eigenvalue weighted by Gasteiger charge is 2.07. The normalized spacial score (nSPS) is 10.2. The molecule has 5 heteroatoms. The van der Waals surface area contributed by atoms with Gasteiger partial charge < -0.3 is 14.9 Å². The zero-order valence-corrected chi connectivity index (χ0v) is 11.7.